The van der Waals surface area contributed by atoms with E-state index in [2.05, 4.69) is 52.7 Å². The average molecular weight is 410 g/mol. The largest absolute Gasteiger partial charge is 0.378 e. The predicted octanol–water partition coefficient (Wildman–Crippen LogP) is 2.44. The first-order valence-corrected chi connectivity index (χ1v) is 11.1. The molecule has 1 aromatic heterocycles. The molecule has 1 fully saturated rings. The second kappa shape index (κ2) is 8.93. The van der Waals surface area contributed by atoms with Gasteiger partial charge >= 0.3 is 0 Å². The van der Waals surface area contributed by atoms with Crippen molar-refractivity contribution in [2.75, 3.05) is 38.6 Å². The average Bonchev–Trinajstić information content (AvgIpc) is 3.17. The summed E-state index contributed by atoms with van der Waals surface area (Å²) in [5.74, 6) is 0.587. The minimum atomic E-state index is 0.127. The quantitative estimate of drug-likeness (QED) is 0.658. The first kappa shape index (κ1) is 19.9. The Bertz CT molecular complexity index is 933. The van der Waals surface area contributed by atoms with Crippen molar-refractivity contribution in [3.8, 4) is 0 Å². The van der Waals surface area contributed by atoms with Gasteiger partial charge in [-0.25, -0.2) is 4.98 Å². The fourth-order valence-electron chi connectivity index (χ4n) is 3.99. The smallest absolute Gasteiger partial charge is 0.275 e. The Labute approximate surface area is 176 Å². The monoisotopic (exact) mass is 409 g/mol. The van der Waals surface area contributed by atoms with E-state index in [-0.39, 0.29) is 5.91 Å². The summed E-state index contributed by atoms with van der Waals surface area (Å²) in [6, 6.07) is 16.7. The Hall–Kier alpha value is -2.44. The zero-order valence-electron chi connectivity index (χ0n) is 17.1. The number of hydrogen-bond acceptors (Lipinski definition) is 4. The molecule has 0 aliphatic carbocycles. The van der Waals surface area contributed by atoms with E-state index in [0.717, 1.165) is 30.6 Å². The number of anilines is 1. The van der Waals surface area contributed by atoms with Gasteiger partial charge in [0.05, 0.1) is 29.2 Å². The molecule has 29 heavy (non-hydrogen) atoms. The number of quaternary nitrogens is 1. The fraction of sp³-hybridized carbons (Fsp3) is 0.391. The lowest BCUT2D eigenvalue weighted by Gasteiger charge is -2.28. The SMILES string of the molecule is CN(C)c1ccc(CNC(=O)C[NH+]2CCC[C@@H](c3nc4ccccc4s3)C2)cc1. The summed E-state index contributed by atoms with van der Waals surface area (Å²) in [7, 11) is 4.06. The van der Waals surface area contributed by atoms with Crippen LogP contribution in [0.25, 0.3) is 10.2 Å². The van der Waals surface area contributed by atoms with Crippen LogP contribution in [0.2, 0.25) is 0 Å². The van der Waals surface area contributed by atoms with Gasteiger partial charge in [-0.15, -0.1) is 11.3 Å². The molecule has 152 valence electrons. The van der Waals surface area contributed by atoms with Crippen LogP contribution in [0.3, 0.4) is 0 Å². The molecule has 2 heterocycles. The van der Waals surface area contributed by atoms with Crippen molar-refractivity contribution in [1.29, 1.82) is 0 Å². The number of thiazole rings is 1. The van der Waals surface area contributed by atoms with Gasteiger partial charge in [-0.1, -0.05) is 24.3 Å². The van der Waals surface area contributed by atoms with E-state index < -0.39 is 0 Å². The van der Waals surface area contributed by atoms with Crippen LogP contribution in [0.15, 0.2) is 48.5 Å². The summed E-state index contributed by atoms with van der Waals surface area (Å²) in [5, 5.41) is 4.31. The van der Waals surface area contributed by atoms with Gasteiger partial charge in [-0.05, 0) is 42.7 Å². The van der Waals surface area contributed by atoms with Crippen LogP contribution in [-0.4, -0.2) is 44.6 Å². The van der Waals surface area contributed by atoms with E-state index in [1.165, 1.54) is 26.7 Å². The number of likely N-dealkylation sites (tertiary alicyclic amines) is 1. The number of nitrogens with zero attached hydrogens (tertiary/aromatic N) is 2. The molecule has 2 atom stereocenters. The summed E-state index contributed by atoms with van der Waals surface area (Å²) in [6.45, 7) is 3.18. The standard InChI is InChI=1S/C23H28N4OS/c1-26(2)19-11-9-17(10-12-19)14-24-22(28)16-27-13-5-6-18(15-27)23-25-20-7-3-4-8-21(20)29-23/h3-4,7-12,18H,5-6,13-16H2,1-2H3,(H,24,28)/p+1/t18-/m1/s1. The number of nitrogens with one attached hydrogen (secondary N) is 2. The van der Waals surface area contributed by atoms with Crippen LogP contribution in [0.1, 0.15) is 29.3 Å². The fourth-order valence-corrected chi connectivity index (χ4v) is 5.09. The number of para-hydroxylation sites is 1. The van der Waals surface area contributed by atoms with E-state index in [1.54, 1.807) is 11.3 Å². The van der Waals surface area contributed by atoms with Crippen molar-refractivity contribution in [2.24, 2.45) is 0 Å². The molecule has 0 spiro atoms. The van der Waals surface area contributed by atoms with E-state index in [0.29, 0.717) is 19.0 Å². The molecule has 1 aliphatic heterocycles. The van der Waals surface area contributed by atoms with Crippen molar-refractivity contribution in [3.63, 3.8) is 0 Å². The second-order valence-corrected chi connectivity index (χ2v) is 9.14. The Kier molecular flexibility index (Phi) is 6.11. The minimum absolute atomic E-state index is 0.127. The summed E-state index contributed by atoms with van der Waals surface area (Å²) in [5.41, 5.74) is 3.39. The molecule has 2 aromatic carbocycles. The number of benzene rings is 2. The van der Waals surface area contributed by atoms with Gasteiger partial charge in [0.15, 0.2) is 6.54 Å². The molecule has 3 aromatic rings. The maximum Gasteiger partial charge on any atom is 0.275 e. The number of fused-ring (bicyclic) bond motifs is 1. The van der Waals surface area contributed by atoms with Gasteiger partial charge in [0.1, 0.15) is 5.01 Å². The zero-order valence-corrected chi connectivity index (χ0v) is 18.0. The number of piperidine rings is 1. The van der Waals surface area contributed by atoms with Crippen molar-refractivity contribution in [3.05, 3.63) is 59.1 Å². The lowest BCUT2D eigenvalue weighted by Crippen LogP contribution is -3.14. The van der Waals surface area contributed by atoms with Gasteiger partial charge in [0.25, 0.3) is 5.91 Å². The van der Waals surface area contributed by atoms with Gasteiger partial charge in [0, 0.05) is 26.3 Å². The lowest BCUT2D eigenvalue weighted by molar-refractivity contribution is -0.898. The highest BCUT2D eigenvalue weighted by molar-refractivity contribution is 7.18. The molecule has 0 saturated carbocycles. The molecule has 5 nitrogen and oxygen atoms in total. The van der Waals surface area contributed by atoms with Crippen molar-refractivity contribution in [1.82, 2.24) is 10.3 Å². The Morgan fingerprint density at radius 1 is 1.21 bits per heavy atom. The van der Waals surface area contributed by atoms with E-state index >= 15 is 0 Å². The topological polar surface area (TPSA) is 49.7 Å². The van der Waals surface area contributed by atoms with Gasteiger partial charge < -0.3 is 15.1 Å². The highest BCUT2D eigenvalue weighted by Crippen LogP contribution is 2.30. The number of carbonyl (C=O) groups excluding carboxylic acids is 1. The van der Waals surface area contributed by atoms with Gasteiger partial charge in [0.2, 0.25) is 0 Å². The molecule has 0 radical (unpaired) electrons. The van der Waals surface area contributed by atoms with E-state index in [9.17, 15) is 4.79 Å². The van der Waals surface area contributed by atoms with Crippen LogP contribution < -0.4 is 15.1 Å². The molecule has 1 aliphatic rings. The van der Waals surface area contributed by atoms with Crippen LogP contribution in [-0.2, 0) is 11.3 Å². The molecular weight excluding hydrogens is 380 g/mol. The molecule has 6 heteroatoms. The summed E-state index contributed by atoms with van der Waals surface area (Å²) in [4.78, 5) is 20.8. The molecule has 2 N–H and O–H groups in total. The third-order valence-corrected chi connectivity index (χ3v) is 6.83. The molecule has 1 unspecified atom stereocenters. The Balaban J connectivity index is 1.30. The highest BCUT2D eigenvalue weighted by atomic mass is 32.1. The van der Waals surface area contributed by atoms with Crippen LogP contribution in [0, 0.1) is 0 Å². The maximum absolute atomic E-state index is 12.5. The van der Waals surface area contributed by atoms with Crippen LogP contribution >= 0.6 is 11.3 Å². The molecule has 0 bridgehead atoms. The summed E-state index contributed by atoms with van der Waals surface area (Å²) >= 11 is 1.81. The molecular formula is C23H29N4OS+. The molecule has 4 rings (SSSR count). The third-order valence-electron chi connectivity index (χ3n) is 5.63. The molecule has 1 saturated heterocycles. The number of rotatable bonds is 6. The van der Waals surface area contributed by atoms with Gasteiger partial charge in [-0.3, -0.25) is 4.79 Å². The van der Waals surface area contributed by atoms with Crippen LogP contribution in [0.5, 0.6) is 0 Å². The van der Waals surface area contributed by atoms with E-state index in [1.807, 2.05) is 20.2 Å². The Morgan fingerprint density at radius 3 is 2.76 bits per heavy atom. The summed E-state index contributed by atoms with van der Waals surface area (Å²) in [6.07, 6.45) is 2.32. The second-order valence-electron chi connectivity index (χ2n) is 8.08. The minimum Gasteiger partial charge on any atom is -0.378 e. The van der Waals surface area contributed by atoms with Crippen molar-refractivity contribution < 1.29 is 9.69 Å². The van der Waals surface area contributed by atoms with Crippen molar-refractivity contribution >= 4 is 33.1 Å². The Morgan fingerprint density at radius 2 is 2.00 bits per heavy atom. The normalized spacial score (nSPS) is 19.2. The number of aromatic nitrogens is 1. The maximum atomic E-state index is 12.5. The van der Waals surface area contributed by atoms with Gasteiger partial charge in [-0.2, -0.15) is 0 Å². The third kappa shape index (κ3) is 4.95. The number of amides is 1. The predicted molar refractivity (Wildman–Crippen MR) is 120 cm³/mol. The first-order valence-electron chi connectivity index (χ1n) is 10.3. The number of hydrogen-bond donors (Lipinski definition) is 2. The summed E-state index contributed by atoms with van der Waals surface area (Å²) < 4.78 is 1.26. The highest BCUT2D eigenvalue weighted by Gasteiger charge is 2.28. The lowest BCUT2D eigenvalue weighted by atomic mass is 9.99. The first-order chi connectivity index (χ1) is 14.1. The van der Waals surface area contributed by atoms with E-state index in [4.69, 9.17) is 4.98 Å². The van der Waals surface area contributed by atoms with Crippen LogP contribution in [0.4, 0.5) is 5.69 Å². The zero-order chi connectivity index (χ0) is 20.2. The molecule has 1 amide bonds. The number of carbonyl (C=O) groups is 1. The van der Waals surface area contributed by atoms with Crippen molar-refractivity contribution in [2.45, 2.75) is 25.3 Å².